The van der Waals surface area contributed by atoms with E-state index in [0.29, 0.717) is 17.8 Å². The number of aromatic nitrogens is 1. The van der Waals surface area contributed by atoms with Gasteiger partial charge in [0.1, 0.15) is 5.75 Å². The summed E-state index contributed by atoms with van der Waals surface area (Å²) in [6.45, 7) is 2.50. The molecule has 0 saturated carbocycles. The fourth-order valence-electron chi connectivity index (χ4n) is 4.56. The molecule has 2 aliphatic rings. The average Bonchev–Trinajstić information content (AvgIpc) is 3.27. The van der Waals surface area contributed by atoms with E-state index in [9.17, 15) is 9.59 Å². The zero-order valence-electron chi connectivity index (χ0n) is 16.3. The maximum Gasteiger partial charge on any atom is 0.259 e. The molecule has 1 aromatic heterocycles. The number of amides is 2. The van der Waals surface area contributed by atoms with Gasteiger partial charge in [-0.25, -0.2) is 0 Å². The molecule has 0 saturated heterocycles. The topological polar surface area (TPSA) is 71.2 Å². The van der Waals surface area contributed by atoms with Crippen LogP contribution in [0.3, 0.4) is 0 Å². The number of carbonyl (C=O) groups is 2. The van der Waals surface area contributed by atoms with Gasteiger partial charge in [-0.05, 0) is 67.5 Å². The molecule has 5 nitrogen and oxygen atoms in total. The van der Waals surface area contributed by atoms with Crippen LogP contribution in [0.25, 0.3) is 22.0 Å². The monoisotopic (exact) mass is 386 g/mol. The maximum absolute atomic E-state index is 12.9. The second kappa shape index (κ2) is 6.92. The number of imide groups is 1. The molecule has 1 aliphatic heterocycles. The number of hydrogen-bond acceptors (Lipinski definition) is 3. The highest BCUT2D eigenvalue weighted by Crippen LogP contribution is 2.40. The summed E-state index contributed by atoms with van der Waals surface area (Å²) in [5.74, 6) is 0.0684. The third-order valence-corrected chi connectivity index (χ3v) is 5.81. The van der Waals surface area contributed by atoms with E-state index in [0.717, 1.165) is 59.0 Å². The van der Waals surface area contributed by atoms with Crippen molar-refractivity contribution in [3.8, 4) is 5.75 Å². The summed E-state index contributed by atoms with van der Waals surface area (Å²) in [7, 11) is 0. The zero-order chi connectivity index (χ0) is 20.0. The molecule has 1 aliphatic carbocycles. The Balaban J connectivity index is 1.79. The summed E-state index contributed by atoms with van der Waals surface area (Å²) in [5.41, 5.74) is 5.80. The van der Waals surface area contributed by atoms with Crippen molar-refractivity contribution in [2.45, 2.75) is 32.6 Å². The SMILES string of the molecule is CCOc1cc2c(c(C3=C(c4c[nH]c5ccccc45)C(=O)NC3=O)c1)CCCC2. The largest absolute Gasteiger partial charge is 0.494 e. The quantitative estimate of drug-likeness (QED) is 0.666. The number of rotatable bonds is 4. The van der Waals surface area contributed by atoms with Crippen molar-refractivity contribution in [1.82, 2.24) is 10.3 Å². The van der Waals surface area contributed by atoms with Gasteiger partial charge in [-0.15, -0.1) is 0 Å². The molecule has 2 heterocycles. The number of aromatic amines is 1. The number of benzene rings is 2. The summed E-state index contributed by atoms with van der Waals surface area (Å²) >= 11 is 0. The molecule has 146 valence electrons. The third kappa shape index (κ3) is 2.85. The van der Waals surface area contributed by atoms with Gasteiger partial charge < -0.3 is 9.72 Å². The number of ether oxygens (including phenoxy) is 1. The Morgan fingerprint density at radius 1 is 0.966 bits per heavy atom. The standard InChI is InChI=1S/C24H22N2O3/c1-2-29-15-11-14-7-3-4-8-16(14)18(12-15)21-22(24(28)26-23(21)27)19-13-25-20-10-6-5-9-17(19)20/h5-6,9-13,25H,2-4,7-8H2,1H3,(H,26,27,28). The van der Waals surface area contributed by atoms with Crippen molar-refractivity contribution in [1.29, 1.82) is 0 Å². The first kappa shape index (κ1) is 17.7. The van der Waals surface area contributed by atoms with Crippen LogP contribution in [-0.2, 0) is 22.4 Å². The smallest absolute Gasteiger partial charge is 0.259 e. The van der Waals surface area contributed by atoms with Crippen molar-refractivity contribution in [3.63, 3.8) is 0 Å². The van der Waals surface area contributed by atoms with Crippen LogP contribution in [-0.4, -0.2) is 23.4 Å². The van der Waals surface area contributed by atoms with Gasteiger partial charge in [-0.1, -0.05) is 18.2 Å². The van der Waals surface area contributed by atoms with E-state index in [1.807, 2.05) is 43.5 Å². The molecule has 5 rings (SSSR count). The van der Waals surface area contributed by atoms with E-state index in [1.165, 1.54) is 5.56 Å². The summed E-state index contributed by atoms with van der Waals surface area (Å²) in [6, 6.07) is 11.8. The van der Waals surface area contributed by atoms with Gasteiger partial charge in [-0.2, -0.15) is 0 Å². The Hall–Kier alpha value is -3.34. The number of carbonyl (C=O) groups excluding carboxylic acids is 2. The minimum Gasteiger partial charge on any atom is -0.494 e. The lowest BCUT2D eigenvalue weighted by Crippen LogP contribution is -2.23. The van der Waals surface area contributed by atoms with Crippen LogP contribution in [0.5, 0.6) is 5.75 Å². The second-order valence-electron chi connectivity index (χ2n) is 7.53. The lowest BCUT2D eigenvalue weighted by Gasteiger charge is -2.21. The Morgan fingerprint density at radius 3 is 2.55 bits per heavy atom. The summed E-state index contributed by atoms with van der Waals surface area (Å²) in [6.07, 6.45) is 5.90. The highest BCUT2D eigenvalue weighted by atomic mass is 16.5. The molecule has 0 bridgehead atoms. The van der Waals surface area contributed by atoms with Gasteiger partial charge in [-0.3, -0.25) is 14.9 Å². The molecule has 2 N–H and O–H groups in total. The highest BCUT2D eigenvalue weighted by molar-refractivity contribution is 6.50. The molecule has 0 unspecified atom stereocenters. The van der Waals surface area contributed by atoms with Gasteiger partial charge in [0.25, 0.3) is 11.8 Å². The van der Waals surface area contributed by atoms with Gasteiger partial charge in [0.05, 0.1) is 17.8 Å². The molecule has 5 heteroatoms. The number of para-hydroxylation sites is 1. The van der Waals surface area contributed by atoms with Gasteiger partial charge in [0.15, 0.2) is 0 Å². The Morgan fingerprint density at radius 2 is 1.72 bits per heavy atom. The van der Waals surface area contributed by atoms with Gasteiger partial charge in [0.2, 0.25) is 0 Å². The lowest BCUT2D eigenvalue weighted by molar-refractivity contribution is -0.122. The van der Waals surface area contributed by atoms with Crippen LogP contribution in [0.15, 0.2) is 42.6 Å². The molecule has 0 spiro atoms. The molecule has 0 radical (unpaired) electrons. The molecule has 3 aromatic rings. The second-order valence-corrected chi connectivity index (χ2v) is 7.53. The van der Waals surface area contributed by atoms with Crippen molar-refractivity contribution in [2.24, 2.45) is 0 Å². The van der Waals surface area contributed by atoms with E-state index in [2.05, 4.69) is 16.4 Å². The molecule has 0 fully saturated rings. The molecular formula is C24H22N2O3. The third-order valence-electron chi connectivity index (χ3n) is 5.81. The van der Waals surface area contributed by atoms with E-state index in [1.54, 1.807) is 0 Å². The van der Waals surface area contributed by atoms with E-state index in [4.69, 9.17) is 4.74 Å². The normalized spacial score (nSPS) is 16.3. The highest BCUT2D eigenvalue weighted by Gasteiger charge is 2.35. The first-order valence-corrected chi connectivity index (χ1v) is 10.1. The number of fused-ring (bicyclic) bond motifs is 2. The summed E-state index contributed by atoms with van der Waals surface area (Å²) in [4.78, 5) is 29.0. The number of aryl methyl sites for hydroxylation is 1. The molecule has 2 aromatic carbocycles. The average molecular weight is 386 g/mol. The first-order valence-electron chi connectivity index (χ1n) is 10.1. The fraction of sp³-hybridized carbons (Fsp3) is 0.250. The predicted molar refractivity (Wildman–Crippen MR) is 113 cm³/mol. The van der Waals surface area contributed by atoms with Crippen LogP contribution >= 0.6 is 0 Å². The molecule has 0 atom stereocenters. The van der Waals surface area contributed by atoms with Crippen LogP contribution in [0.1, 0.15) is 42.0 Å². The van der Waals surface area contributed by atoms with Crippen LogP contribution in [0, 0.1) is 0 Å². The Bertz CT molecular complexity index is 1190. The molecule has 29 heavy (non-hydrogen) atoms. The number of hydrogen-bond donors (Lipinski definition) is 2. The minimum absolute atomic E-state index is 0.336. The summed E-state index contributed by atoms with van der Waals surface area (Å²) in [5, 5.41) is 3.45. The van der Waals surface area contributed by atoms with Crippen molar-refractivity contribution in [2.75, 3.05) is 6.61 Å². The summed E-state index contributed by atoms with van der Waals surface area (Å²) < 4.78 is 5.79. The fourth-order valence-corrected chi connectivity index (χ4v) is 4.56. The van der Waals surface area contributed by atoms with E-state index >= 15 is 0 Å². The molecular weight excluding hydrogens is 364 g/mol. The van der Waals surface area contributed by atoms with Crippen LogP contribution < -0.4 is 10.1 Å². The van der Waals surface area contributed by atoms with Gasteiger partial charge in [0, 0.05) is 22.7 Å². The Labute approximate surface area is 168 Å². The predicted octanol–water partition coefficient (Wildman–Crippen LogP) is 4.01. The number of nitrogens with one attached hydrogen (secondary N) is 2. The number of H-pyrrole nitrogens is 1. The zero-order valence-corrected chi connectivity index (χ0v) is 16.3. The van der Waals surface area contributed by atoms with Crippen LogP contribution in [0.2, 0.25) is 0 Å². The lowest BCUT2D eigenvalue weighted by atomic mass is 9.84. The van der Waals surface area contributed by atoms with Crippen LogP contribution in [0.4, 0.5) is 0 Å². The maximum atomic E-state index is 12.9. The first-order chi connectivity index (χ1) is 14.2. The van der Waals surface area contributed by atoms with Crippen molar-refractivity contribution >= 4 is 33.9 Å². The van der Waals surface area contributed by atoms with Crippen molar-refractivity contribution in [3.05, 3.63) is 64.8 Å². The minimum atomic E-state index is -0.346. The Kier molecular flexibility index (Phi) is 4.23. The van der Waals surface area contributed by atoms with Crippen molar-refractivity contribution < 1.29 is 14.3 Å². The van der Waals surface area contributed by atoms with Gasteiger partial charge >= 0.3 is 0 Å². The molecule has 2 amide bonds. The van der Waals surface area contributed by atoms with E-state index < -0.39 is 0 Å². The van der Waals surface area contributed by atoms with E-state index in [-0.39, 0.29) is 11.8 Å².